The number of nitrogens with one attached hydrogen (secondary N) is 2. The van der Waals surface area contributed by atoms with Gasteiger partial charge in [-0.2, -0.15) is 5.10 Å². The molecule has 1 amide bonds. The molecule has 2 aromatic rings. The van der Waals surface area contributed by atoms with E-state index in [2.05, 4.69) is 26.5 Å². The third-order valence-electron chi connectivity index (χ3n) is 5.10. The molecule has 6 nitrogen and oxygen atoms in total. The second-order valence-corrected chi connectivity index (χ2v) is 6.84. The Labute approximate surface area is 148 Å². The van der Waals surface area contributed by atoms with Crippen LogP contribution in [0.15, 0.2) is 36.4 Å². The summed E-state index contributed by atoms with van der Waals surface area (Å²) < 4.78 is 2.11. The smallest absolute Gasteiger partial charge is 0.253 e. The van der Waals surface area contributed by atoms with Crippen molar-refractivity contribution in [1.29, 1.82) is 0 Å². The summed E-state index contributed by atoms with van der Waals surface area (Å²) in [6, 6.07) is 12.2. The van der Waals surface area contributed by atoms with E-state index >= 15 is 0 Å². The van der Waals surface area contributed by atoms with Gasteiger partial charge in [-0.3, -0.25) is 9.48 Å². The van der Waals surface area contributed by atoms with Gasteiger partial charge < -0.3 is 15.5 Å². The first kappa shape index (κ1) is 16.3. The summed E-state index contributed by atoms with van der Waals surface area (Å²) in [6.45, 7) is 5.29. The van der Waals surface area contributed by atoms with Crippen LogP contribution in [0.4, 0.5) is 0 Å². The first-order chi connectivity index (χ1) is 12.3. The largest absolute Gasteiger partial charge is 0.339 e. The Bertz CT molecular complexity index is 695. The van der Waals surface area contributed by atoms with E-state index in [1.807, 2.05) is 35.2 Å². The summed E-state index contributed by atoms with van der Waals surface area (Å²) >= 11 is 0. The van der Waals surface area contributed by atoms with Crippen LogP contribution in [0.2, 0.25) is 0 Å². The van der Waals surface area contributed by atoms with Gasteiger partial charge in [0.15, 0.2) is 0 Å². The number of aromatic nitrogens is 2. The highest BCUT2D eigenvalue weighted by molar-refractivity contribution is 5.94. The van der Waals surface area contributed by atoms with E-state index in [-0.39, 0.29) is 5.91 Å². The number of benzene rings is 1. The summed E-state index contributed by atoms with van der Waals surface area (Å²) in [4.78, 5) is 14.5. The van der Waals surface area contributed by atoms with Crippen molar-refractivity contribution in [2.45, 2.75) is 38.5 Å². The van der Waals surface area contributed by atoms with Crippen LogP contribution in [0, 0.1) is 0 Å². The fourth-order valence-corrected chi connectivity index (χ4v) is 3.64. The van der Waals surface area contributed by atoms with Crippen LogP contribution in [-0.4, -0.2) is 46.3 Å². The second kappa shape index (κ2) is 7.37. The number of likely N-dealkylation sites (tertiary alicyclic amines) is 1. The Morgan fingerprint density at radius 3 is 2.76 bits per heavy atom. The molecule has 0 aliphatic carbocycles. The van der Waals surface area contributed by atoms with Gasteiger partial charge in [-0.1, -0.05) is 18.2 Å². The summed E-state index contributed by atoms with van der Waals surface area (Å²) in [6.07, 6.45) is 1.99. The molecule has 2 aliphatic heterocycles. The summed E-state index contributed by atoms with van der Waals surface area (Å²) in [7, 11) is 0. The van der Waals surface area contributed by atoms with Crippen LogP contribution in [0.25, 0.3) is 0 Å². The Morgan fingerprint density at radius 2 is 2.00 bits per heavy atom. The molecule has 0 atom stereocenters. The molecule has 1 saturated heterocycles. The second-order valence-electron chi connectivity index (χ2n) is 6.84. The molecule has 0 saturated carbocycles. The molecule has 0 spiro atoms. The highest BCUT2D eigenvalue weighted by Gasteiger charge is 2.23. The first-order valence-electron chi connectivity index (χ1n) is 9.13. The number of carbonyl (C=O) groups is 1. The molecule has 0 bridgehead atoms. The number of carbonyl (C=O) groups excluding carboxylic acids is 1. The van der Waals surface area contributed by atoms with Gasteiger partial charge >= 0.3 is 0 Å². The molecule has 0 radical (unpaired) electrons. The predicted molar refractivity (Wildman–Crippen MR) is 96.1 cm³/mol. The number of nitrogens with zero attached hydrogens (tertiary/aromatic N) is 3. The number of hydrogen-bond acceptors (Lipinski definition) is 4. The van der Waals surface area contributed by atoms with E-state index < -0.39 is 0 Å². The number of fused-ring (bicyclic) bond motifs is 1. The maximum atomic E-state index is 12.5. The summed E-state index contributed by atoms with van der Waals surface area (Å²) in [5.41, 5.74) is 3.17. The van der Waals surface area contributed by atoms with Crippen molar-refractivity contribution in [2.24, 2.45) is 0 Å². The van der Waals surface area contributed by atoms with Gasteiger partial charge in [-0.05, 0) is 31.0 Å². The highest BCUT2D eigenvalue weighted by Crippen LogP contribution is 2.15. The molecule has 0 unspecified atom stereocenters. The lowest BCUT2D eigenvalue weighted by Gasteiger charge is -2.32. The maximum Gasteiger partial charge on any atom is 0.253 e. The van der Waals surface area contributed by atoms with Gasteiger partial charge in [-0.15, -0.1) is 0 Å². The molecule has 25 heavy (non-hydrogen) atoms. The molecular formula is C19H25N5O. The van der Waals surface area contributed by atoms with E-state index in [4.69, 9.17) is 0 Å². The molecule has 1 aromatic heterocycles. The Kier molecular flexibility index (Phi) is 4.81. The van der Waals surface area contributed by atoms with E-state index in [1.165, 1.54) is 5.69 Å². The molecule has 1 aromatic carbocycles. The first-order valence-corrected chi connectivity index (χ1v) is 9.13. The zero-order chi connectivity index (χ0) is 17.1. The van der Waals surface area contributed by atoms with Gasteiger partial charge in [0, 0.05) is 44.3 Å². The molecule has 3 heterocycles. The zero-order valence-corrected chi connectivity index (χ0v) is 14.4. The van der Waals surface area contributed by atoms with E-state index in [1.54, 1.807) is 0 Å². The summed E-state index contributed by atoms with van der Waals surface area (Å²) in [5, 5.41) is 11.6. The van der Waals surface area contributed by atoms with E-state index in [0.717, 1.165) is 63.4 Å². The van der Waals surface area contributed by atoms with Crippen molar-refractivity contribution in [3.05, 3.63) is 53.3 Å². The third-order valence-corrected chi connectivity index (χ3v) is 5.10. The Morgan fingerprint density at radius 1 is 1.20 bits per heavy atom. The molecule has 4 rings (SSSR count). The van der Waals surface area contributed by atoms with Gasteiger partial charge in [-0.25, -0.2) is 0 Å². The highest BCUT2D eigenvalue weighted by atomic mass is 16.2. The van der Waals surface area contributed by atoms with Crippen LogP contribution in [0.5, 0.6) is 0 Å². The van der Waals surface area contributed by atoms with Crippen molar-refractivity contribution in [2.75, 3.05) is 19.6 Å². The Hall–Kier alpha value is -2.18. The maximum absolute atomic E-state index is 12.5. The number of hydrogen-bond donors (Lipinski definition) is 2. The molecule has 6 heteroatoms. The van der Waals surface area contributed by atoms with Gasteiger partial charge in [0.25, 0.3) is 5.91 Å². The number of rotatable bonds is 4. The zero-order valence-electron chi connectivity index (χ0n) is 14.4. The van der Waals surface area contributed by atoms with Crippen LogP contribution in [0.3, 0.4) is 0 Å². The van der Waals surface area contributed by atoms with Crippen molar-refractivity contribution in [3.63, 3.8) is 0 Å². The number of piperidine rings is 1. The van der Waals surface area contributed by atoms with Crippen molar-refractivity contribution >= 4 is 5.91 Å². The summed E-state index contributed by atoms with van der Waals surface area (Å²) in [5.74, 6) is 0.147. The monoisotopic (exact) mass is 339 g/mol. The van der Waals surface area contributed by atoms with E-state index in [0.29, 0.717) is 6.04 Å². The van der Waals surface area contributed by atoms with Gasteiger partial charge in [0.1, 0.15) is 0 Å². The quantitative estimate of drug-likeness (QED) is 0.883. The van der Waals surface area contributed by atoms with Crippen LogP contribution in [0.1, 0.15) is 34.6 Å². The minimum Gasteiger partial charge on any atom is -0.339 e. The minimum absolute atomic E-state index is 0.147. The van der Waals surface area contributed by atoms with Crippen molar-refractivity contribution in [3.8, 4) is 0 Å². The average Bonchev–Trinajstić information content (AvgIpc) is 3.10. The minimum atomic E-state index is 0.147. The normalized spacial score (nSPS) is 18.2. The molecule has 1 fully saturated rings. The predicted octanol–water partition coefficient (Wildman–Crippen LogP) is 1.38. The van der Waals surface area contributed by atoms with Gasteiger partial charge in [0.05, 0.1) is 17.9 Å². The molecule has 132 valence electrons. The van der Waals surface area contributed by atoms with E-state index in [9.17, 15) is 4.79 Å². The molecular weight excluding hydrogens is 314 g/mol. The third kappa shape index (κ3) is 3.75. The standard InChI is InChI=1S/C19H25N5O/c25-19(15-4-2-1-3-5-15)23-9-6-16(7-10-23)21-13-17-12-18-14-20-8-11-24(18)22-17/h1-5,12,16,20-21H,6-11,13-14H2. The van der Waals surface area contributed by atoms with Crippen LogP contribution in [-0.2, 0) is 19.6 Å². The van der Waals surface area contributed by atoms with Crippen molar-refractivity contribution < 1.29 is 4.79 Å². The molecule has 2 aliphatic rings. The molecule has 2 N–H and O–H groups in total. The lowest BCUT2D eigenvalue weighted by molar-refractivity contribution is 0.0704. The van der Waals surface area contributed by atoms with Gasteiger partial charge in [0.2, 0.25) is 0 Å². The van der Waals surface area contributed by atoms with Crippen LogP contribution < -0.4 is 10.6 Å². The topological polar surface area (TPSA) is 62.2 Å². The fourth-order valence-electron chi connectivity index (χ4n) is 3.64. The lowest BCUT2D eigenvalue weighted by Crippen LogP contribution is -2.44. The van der Waals surface area contributed by atoms with Crippen LogP contribution >= 0.6 is 0 Å². The lowest BCUT2D eigenvalue weighted by atomic mass is 10.0. The fraction of sp³-hybridized carbons (Fsp3) is 0.474. The average molecular weight is 339 g/mol. The SMILES string of the molecule is O=C(c1ccccc1)N1CCC(NCc2cc3n(n2)CCNC3)CC1. The van der Waals surface area contributed by atoms with Crippen molar-refractivity contribution in [1.82, 2.24) is 25.3 Å². The Balaban J connectivity index is 1.26. The number of amides is 1.